The highest BCUT2D eigenvalue weighted by molar-refractivity contribution is 8.03. The molecule has 4 rings (SSSR count). The Hall–Kier alpha value is -3.30. The number of allylic oxidation sites excluding steroid dienone is 1. The largest absolute Gasteiger partial charge is 0.333 e. The van der Waals surface area contributed by atoms with Crippen LogP contribution in [-0.2, 0) is 0 Å². The van der Waals surface area contributed by atoms with Crippen LogP contribution in [0.25, 0.3) is 22.8 Å². The minimum atomic E-state index is -0.264. The van der Waals surface area contributed by atoms with Crippen LogP contribution in [0.1, 0.15) is 17.0 Å². The molecule has 6 heteroatoms. The van der Waals surface area contributed by atoms with E-state index in [1.807, 2.05) is 54.8 Å². The number of H-pyrrole nitrogens is 1. The Bertz CT molecular complexity index is 1190. The number of fused-ring (bicyclic) bond motifs is 1. The fraction of sp³-hybridized carbons (Fsp3) is 0.0909. The van der Waals surface area contributed by atoms with Crippen molar-refractivity contribution in [1.82, 2.24) is 14.5 Å². The van der Waals surface area contributed by atoms with E-state index >= 15 is 0 Å². The number of thioether (sulfide) groups is 1. The molecule has 2 heterocycles. The van der Waals surface area contributed by atoms with E-state index in [1.54, 1.807) is 12.1 Å². The number of nitriles is 1. The normalized spacial score (nSPS) is 11.7. The summed E-state index contributed by atoms with van der Waals surface area (Å²) in [6, 6.07) is 18.4. The van der Waals surface area contributed by atoms with Crippen molar-refractivity contribution in [3.63, 3.8) is 0 Å². The summed E-state index contributed by atoms with van der Waals surface area (Å²) in [6.45, 7) is 3.98. The third-order valence-electron chi connectivity index (χ3n) is 4.53. The van der Waals surface area contributed by atoms with Gasteiger partial charge in [0.2, 0.25) is 0 Å². The van der Waals surface area contributed by atoms with Crippen LogP contribution in [0.5, 0.6) is 0 Å². The van der Waals surface area contributed by atoms with Gasteiger partial charge in [0.05, 0.1) is 15.9 Å². The quantitative estimate of drug-likeness (QED) is 0.357. The van der Waals surface area contributed by atoms with E-state index in [4.69, 9.17) is 0 Å². The van der Waals surface area contributed by atoms with Crippen molar-refractivity contribution in [1.29, 1.82) is 5.26 Å². The van der Waals surface area contributed by atoms with Gasteiger partial charge in [0, 0.05) is 17.1 Å². The lowest BCUT2D eigenvalue weighted by Crippen LogP contribution is -1.99. The molecule has 2 aromatic heterocycles. The first-order valence-electron chi connectivity index (χ1n) is 8.74. The SMILES string of the molecule is Cc1cc(/C=C(\C#N)Sc2nc3ccccc3[nH]2)c(C)n1-c1ccc(F)cc1. The predicted octanol–water partition coefficient (Wildman–Crippen LogP) is 5.77. The van der Waals surface area contributed by atoms with Gasteiger partial charge in [-0.15, -0.1) is 0 Å². The van der Waals surface area contributed by atoms with Gasteiger partial charge >= 0.3 is 0 Å². The minimum Gasteiger partial charge on any atom is -0.333 e. The molecular formula is C22H17FN4S. The van der Waals surface area contributed by atoms with E-state index in [2.05, 4.69) is 16.0 Å². The van der Waals surface area contributed by atoms with Crippen molar-refractivity contribution in [2.75, 3.05) is 0 Å². The number of aryl methyl sites for hydroxylation is 1. The summed E-state index contributed by atoms with van der Waals surface area (Å²) in [4.78, 5) is 8.29. The van der Waals surface area contributed by atoms with Gasteiger partial charge in [0.1, 0.15) is 11.9 Å². The van der Waals surface area contributed by atoms with Crippen LogP contribution in [0, 0.1) is 31.0 Å². The summed E-state index contributed by atoms with van der Waals surface area (Å²) in [5.74, 6) is -0.264. The molecule has 2 aromatic carbocycles. The van der Waals surface area contributed by atoms with Gasteiger partial charge in [-0.2, -0.15) is 5.26 Å². The number of nitrogens with one attached hydrogen (secondary N) is 1. The number of benzene rings is 2. The Balaban J connectivity index is 1.67. The maximum absolute atomic E-state index is 13.2. The lowest BCUT2D eigenvalue weighted by molar-refractivity contribution is 0.627. The Labute approximate surface area is 166 Å². The second-order valence-corrected chi connectivity index (χ2v) is 7.45. The highest BCUT2D eigenvalue weighted by Gasteiger charge is 2.12. The first-order valence-corrected chi connectivity index (χ1v) is 9.56. The molecule has 4 aromatic rings. The van der Waals surface area contributed by atoms with Gasteiger partial charge in [0.15, 0.2) is 5.16 Å². The molecule has 0 aliphatic heterocycles. The Kier molecular flexibility index (Phi) is 4.76. The smallest absolute Gasteiger partial charge is 0.171 e. The monoisotopic (exact) mass is 388 g/mol. The summed E-state index contributed by atoms with van der Waals surface area (Å²) in [5, 5.41) is 10.3. The minimum absolute atomic E-state index is 0.264. The number of para-hydroxylation sites is 2. The molecular weight excluding hydrogens is 371 g/mol. The number of aromatic amines is 1. The predicted molar refractivity (Wildman–Crippen MR) is 111 cm³/mol. The molecule has 0 radical (unpaired) electrons. The summed E-state index contributed by atoms with van der Waals surface area (Å²) in [7, 11) is 0. The van der Waals surface area contributed by atoms with Crippen molar-refractivity contribution in [3.05, 3.63) is 82.3 Å². The number of aromatic nitrogens is 3. The van der Waals surface area contributed by atoms with Crippen molar-refractivity contribution in [2.45, 2.75) is 19.0 Å². The summed E-state index contributed by atoms with van der Waals surface area (Å²) in [6.07, 6.45) is 1.86. The van der Waals surface area contributed by atoms with Crippen LogP contribution in [0.15, 0.2) is 64.7 Å². The van der Waals surface area contributed by atoms with Gasteiger partial charge < -0.3 is 9.55 Å². The zero-order chi connectivity index (χ0) is 19.7. The van der Waals surface area contributed by atoms with Crippen LogP contribution < -0.4 is 0 Å². The summed E-state index contributed by atoms with van der Waals surface area (Å²) in [5.41, 5.74) is 5.65. The van der Waals surface area contributed by atoms with E-state index in [-0.39, 0.29) is 5.82 Å². The molecule has 1 N–H and O–H groups in total. The molecule has 0 fully saturated rings. The Morgan fingerprint density at radius 2 is 1.93 bits per heavy atom. The van der Waals surface area contributed by atoms with Crippen molar-refractivity contribution >= 4 is 28.9 Å². The topological polar surface area (TPSA) is 57.4 Å². The Morgan fingerprint density at radius 3 is 2.64 bits per heavy atom. The maximum atomic E-state index is 13.2. The average molecular weight is 388 g/mol. The zero-order valence-corrected chi connectivity index (χ0v) is 16.2. The van der Waals surface area contributed by atoms with Gasteiger partial charge in [-0.25, -0.2) is 9.37 Å². The maximum Gasteiger partial charge on any atom is 0.171 e. The van der Waals surface area contributed by atoms with E-state index in [1.165, 1.54) is 23.9 Å². The highest BCUT2D eigenvalue weighted by atomic mass is 32.2. The number of nitrogens with zero attached hydrogens (tertiary/aromatic N) is 3. The molecule has 0 saturated heterocycles. The van der Waals surface area contributed by atoms with E-state index in [0.29, 0.717) is 10.1 Å². The molecule has 0 saturated carbocycles. The standard InChI is InChI=1S/C22H17FN4S/c1-14-11-16(15(2)27(14)18-9-7-17(23)8-10-18)12-19(13-24)28-22-25-20-5-3-4-6-21(20)26-22/h3-12H,1-2H3,(H,25,26)/b19-12+. The van der Waals surface area contributed by atoms with Crippen LogP contribution in [0.4, 0.5) is 4.39 Å². The molecule has 0 unspecified atom stereocenters. The van der Waals surface area contributed by atoms with Crippen LogP contribution in [0.3, 0.4) is 0 Å². The van der Waals surface area contributed by atoms with Crippen LogP contribution >= 0.6 is 11.8 Å². The van der Waals surface area contributed by atoms with E-state index in [0.717, 1.165) is 33.7 Å². The second-order valence-electron chi connectivity index (χ2n) is 6.42. The molecule has 0 amide bonds. The fourth-order valence-electron chi connectivity index (χ4n) is 3.23. The first kappa shape index (κ1) is 18.1. The van der Waals surface area contributed by atoms with Crippen molar-refractivity contribution < 1.29 is 4.39 Å². The van der Waals surface area contributed by atoms with E-state index in [9.17, 15) is 9.65 Å². The first-order chi connectivity index (χ1) is 13.5. The average Bonchev–Trinajstić information content (AvgIpc) is 3.22. The third kappa shape index (κ3) is 3.45. The highest BCUT2D eigenvalue weighted by Crippen LogP contribution is 2.30. The molecule has 0 spiro atoms. The summed E-state index contributed by atoms with van der Waals surface area (Å²) < 4.78 is 15.3. The fourth-order valence-corrected chi connectivity index (χ4v) is 3.97. The van der Waals surface area contributed by atoms with E-state index < -0.39 is 0 Å². The number of halogens is 1. The molecule has 0 aliphatic carbocycles. The van der Waals surface area contributed by atoms with Crippen molar-refractivity contribution in [2.24, 2.45) is 0 Å². The number of hydrogen-bond donors (Lipinski definition) is 1. The van der Waals surface area contributed by atoms with Crippen LogP contribution in [-0.4, -0.2) is 14.5 Å². The molecule has 0 atom stereocenters. The number of hydrogen-bond acceptors (Lipinski definition) is 3. The lowest BCUT2D eigenvalue weighted by Gasteiger charge is -2.09. The lowest BCUT2D eigenvalue weighted by atomic mass is 10.2. The second kappa shape index (κ2) is 7.37. The number of imidazole rings is 1. The molecule has 28 heavy (non-hydrogen) atoms. The third-order valence-corrected chi connectivity index (χ3v) is 5.34. The molecule has 0 aliphatic rings. The Morgan fingerprint density at radius 1 is 1.18 bits per heavy atom. The molecule has 4 nitrogen and oxygen atoms in total. The van der Waals surface area contributed by atoms with Gasteiger partial charge in [-0.05, 0) is 79.7 Å². The van der Waals surface area contributed by atoms with Gasteiger partial charge in [0.25, 0.3) is 0 Å². The van der Waals surface area contributed by atoms with Crippen molar-refractivity contribution in [3.8, 4) is 11.8 Å². The molecule has 0 bridgehead atoms. The zero-order valence-electron chi connectivity index (χ0n) is 15.4. The molecule has 138 valence electrons. The van der Waals surface area contributed by atoms with Gasteiger partial charge in [-0.3, -0.25) is 0 Å². The van der Waals surface area contributed by atoms with Gasteiger partial charge in [-0.1, -0.05) is 12.1 Å². The van der Waals surface area contributed by atoms with Crippen LogP contribution in [0.2, 0.25) is 0 Å². The summed E-state index contributed by atoms with van der Waals surface area (Å²) >= 11 is 1.31. The number of rotatable bonds is 4.